The molecule has 5 nitrogen and oxygen atoms in total. The highest BCUT2D eigenvalue weighted by molar-refractivity contribution is 7.21. The van der Waals surface area contributed by atoms with E-state index in [0.717, 1.165) is 22.9 Å². The number of hydrogen-bond acceptors (Lipinski definition) is 5. The quantitative estimate of drug-likeness (QED) is 0.916. The number of hydrogen-bond donors (Lipinski definition) is 1. The Hall–Kier alpha value is -1.66. The van der Waals surface area contributed by atoms with E-state index in [4.69, 9.17) is 10.5 Å². The van der Waals surface area contributed by atoms with Crippen LogP contribution in [0.4, 0.5) is 5.69 Å². The van der Waals surface area contributed by atoms with Crippen LogP contribution >= 0.6 is 11.3 Å². The number of pyridine rings is 1. The molecule has 6 heteroatoms. The van der Waals surface area contributed by atoms with E-state index in [1.165, 1.54) is 11.3 Å². The van der Waals surface area contributed by atoms with E-state index in [2.05, 4.69) is 4.98 Å². The van der Waals surface area contributed by atoms with Crippen molar-refractivity contribution < 1.29 is 9.53 Å². The summed E-state index contributed by atoms with van der Waals surface area (Å²) in [7, 11) is 1.65. The summed E-state index contributed by atoms with van der Waals surface area (Å²) in [6.45, 7) is 1.17. The number of ether oxygens (including phenoxy) is 1. The highest BCUT2D eigenvalue weighted by Crippen LogP contribution is 2.36. The third-order valence-corrected chi connectivity index (χ3v) is 4.65. The van der Waals surface area contributed by atoms with Gasteiger partial charge in [-0.1, -0.05) is 0 Å². The van der Waals surface area contributed by atoms with Crippen molar-refractivity contribution in [2.45, 2.75) is 18.9 Å². The molecule has 1 aliphatic rings. The molecule has 0 bridgehead atoms. The normalized spacial score (nSPS) is 14.7. The Morgan fingerprint density at radius 1 is 1.60 bits per heavy atom. The third-order valence-electron chi connectivity index (χ3n) is 3.51. The van der Waals surface area contributed by atoms with Crippen molar-refractivity contribution in [2.75, 3.05) is 26.0 Å². The minimum absolute atomic E-state index is 0.0169. The molecule has 1 fully saturated rings. The Bertz CT molecular complexity index is 636. The number of aromatic nitrogens is 1. The van der Waals surface area contributed by atoms with Crippen molar-refractivity contribution in [3.63, 3.8) is 0 Å². The van der Waals surface area contributed by atoms with Crippen molar-refractivity contribution in [1.29, 1.82) is 0 Å². The van der Waals surface area contributed by atoms with E-state index in [9.17, 15) is 4.79 Å². The first-order chi connectivity index (χ1) is 9.72. The van der Waals surface area contributed by atoms with Crippen LogP contribution in [0.2, 0.25) is 0 Å². The first kappa shape index (κ1) is 13.3. The molecule has 0 radical (unpaired) electrons. The lowest BCUT2D eigenvalue weighted by atomic mass is 10.2. The zero-order valence-corrected chi connectivity index (χ0v) is 12.2. The number of amides is 1. The number of carbonyl (C=O) groups excluding carboxylic acids is 1. The number of nitrogen functional groups attached to an aromatic ring is 1. The molecule has 1 amide bonds. The lowest BCUT2D eigenvalue weighted by Crippen LogP contribution is -2.35. The zero-order valence-electron chi connectivity index (χ0n) is 11.3. The minimum atomic E-state index is 0.0169. The highest BCUT2D eigenvalue weighted by atomic mass is 32.1. The molecule has 2 aromatic rings. The molecule has 0 aromatic carbocycles. The first-order valence-electron chi connectivity index (χ1n) is 6.64. The Balaban J connectivity index is 1.92. The van der Waals surface area contributed by atoms with Gasteiger partial charge in [0.25, 0.3) is 5.91 Å². The van der Waals surface area contributed by atoms with Crippen LogP contribution in [0.15, 0.2) is 18.5 Å². The molecule has 3 rings (SSSR count). The highest BCUT2D eigenvalue weighted by Gasteiger charge is 2.34. The summed E-state index contributed by atoms with van der Waals surface area (Å²) in [6.07, 6.45) is 5.59. The zero-order chi connectivity index (χ0) is 14.1. The average Bonchev–Trinajstić information content (AvgIpc) is 3.24. The van der Waals surface area contributed by atoms with E-state index < -0.39 is 0 Å². The van der Waals surface area contributed by atoms with Gasteiger partial charge in [-0.25, -0.2) is 0 Å². The molecular weight excluding hydrogens is 274 g/mol. The van der Waals surface area contributed by atoms with Gasteiger partial charge in [0.15, 0.2) is 0 Å². The van der Waals surface area contributed by atoms with Gasteiger partial charge in [-0.2, -0.15) is 0 Å². The van der Waals surface area contributed by atoms with E-state index in [-0.39, 0.29) is 5.91 Å². The minimum Gasteiger partial charge on any atom is -0.397 e. The van der Waals surface area contributed by atoms with Crippen molar-refractivity contribution in [2.24, 2.45) is 0 Å². The number of nitrogens with zero attached hydrogens (tertiary/aromatic N) is 2. The number of nitrogens with two attached hydrogens (primary N) is 1. The predicted octanol–water partition coefficient (Wildman–Crippen LogP) is 2.13. The third kappa shape index (κ3) is 2.36. The average molecular weight is 291 g/mol. The topological polar surface area (TPSA) is 68.5 Å². The van der Waals surface area contributed by atoms with Gasteiger partial charge in [-0.15, -0.1) is 11.3 Å². The van der Waals surface area contributed by atoms with Crippen molar-refractivity contribution >= 4 is 33.0 Å². The monoisotopic (exact) mass is 291 g/mol. The second kappa shape index (κ2) is 5.38. The molecule has 0 spiro atoms. The maximum atomic E-state index is 12.7. The van der Waals surface area contributed by atoms with Gasteiger partial charge in [0, 0.05) is 37.5 Å². The van der Waals surface area contributed by atoms with Crippen LogP contribution in [0.3, 0.4) is 0 Å². The van der Waals surface area contributed by atoms with Crippen molar-refractivity contribution in [3.05, 3.63) is 23.3 Å². The number of rotatable bonds is 5. The number of thiophene rings is 1. The van der Waals surface area contributed by atoms with Crippen LogP contribution in [-0.2, 0) is 4.74 Å². The fourth-order valence-electron chi connectivity index (χ4n) is 2.29. The molecule has 0 unspecified atom stereocenters. The molecule has 0 aliphatic heterocycles. The Labute approximate surface area is 121 Å². The second-order valence-electron chi connectivity index (χ2n) is 4.94. The Morgan fingerprint density at radius 2 is 2.40 bits per heavy atom. The number of carbonyl (C=O) groups is 1. The van der Waals surface area contributed by atoms with Gasteiger partial charge in [0.1, 0.15) is 4.88 Å². The fraction of sp³-hybridized carbons (Fsp3) is 0.429. The van der Waals surface area contributed by atoms with E-state index in [0.29, 0.717) is 29.8 Å². The van der Waals surface area contributed by atoms with Gasteiger partial charge in [0.05, 0.1) is 17.0 Å². The summed E-state index contributed by atoms with van der Waals surface area (Å²) in [6, 6.07) is 2.20. The summed E-state index contributed by atoms with van der Waals surface area (Å²) in [5, 5.41) is 0.913. The van der Waals surface area contributed by atoms with E-state index in [1.54, 1.807) is 19.5 Å². The van der Waals surface area contributed by atoms with E-state index in [1.807, 2.05) is 11.0 Å². The lowest BCUT2D eigenvalue weighted by Gasteiger charge is -2.21. The second-order valence-corrected chi connectivity index (χ2v) is 5.99. The summed E-state index contributed by atoms with van der Waals surface area (Å²) in [5.74, 6) is 0.0169. The molecule has 1 aliphatic carbocycles. The van der Waals surface area contributed by atoms with Crippen LogP contribution in [0.5, 0.6) is 0 Å². The molecule has 2 N–H and O–H groups in total. The van der Waals surface area contributed by atoms with Crippen LogP contribution in [0.1, 0.15) is 22.5 Å². The first-order valence-corrected chi connectivity index (χ1v) is 7.46. The standard InChI is InChI=1S/C14H17N3O2S/c1-19-7-6-17(9-2-3-9)14(18)13-12(15)10-4-5-16-8-11(10)20-13/h4-5,8-9H,2-3,6-7,15H2,1H3. The summed E-state index contributed by atoms with van der Waals surface area (Å²) in [4.78, 5) is 19.3. The Kier molecular flexibility index (Phi) is 3.58. The maximum Gasteiger partial charge on any atom is 0.266 e. The molecule has 0 atom stereocenters. The molecule has 2 heterocycles. The molecule has 0 saturated heterocycles. The predicted molar refractivity (Wildman–Crippen MR) is 80.0 cm³/mol. The van der Waals surface area contributed by atoms with Gasteiger partial charge in [-0.05, 0) is 18.9 Å². The summed E-state index contributed by atoms with van der Waals surface area (Å²) < 4.78 is 6.05. The largest absolute Gasteiger partial charge is 0.397 e. The molecular formula is C14H17N3O2S. The summed E-state index contributed by atoms with van der Waals surface area (Å²) in [5.41, 5.74) is 6.70. The van der Waals surface area contributed by atoms with Gasteiger partial charge in [-0.3, -0.25) is 9.78 Å². The number of fused-ring (bicyclic) bond motifs is 1. The number of methoxy groups -OCH3 is 1. The smallest absolute Gasteiger partial charge is 0.266 e. The molecule has 1 saturated carbocycles. The van der Waals surface area contributed by atoms with Gasteiger partial charge < -0.3 is 15.4 Å². The summed E-state index contributed by atoms with van der Waals surface area (Å²) >= 11 is 1.42. The van der Waals surface area contributed by atoms with Gasteiger partial charge in [0.2, 0.25) is 0 Å². The maximum absolute atomic E-state index is 12.7. The van der Waals surface area contributed by atoms with Crippen LogP contribution in [0.25, 0.3) is 10.1 Å². The SMILES string of the molecule is COCCN(C(=O)c1sc2cnccc2c1N)C1CC1. The van der Waals surface area contributed by atoms with E-state index >= 15 is 0 Å². The lowest BCUT2D eigenvalue weighted by molar-refractivity contribution is 0.0686. The molecule has 2 aromatic heterocycles. The van der Waals surface area contributed by atoms with Crippen molar-refractivity contribution in [1.82, 2.24) is 9.88 Å². The van der Waals surface area contributed by atoms with Crippen LogP contribution in [0, 0.1) is 0 Å². The van der Waals surface area contributed by atoms with Crippen molar-refractivity contribution in [3.8, 4) is 0 Å². The van der Waals surface area contributed by atoms with Crippen LogP contribution in [-0.4, -0.2) is 42.1 Å². The molecule has 20 heavy (non-hydrogen) atoms. The van der Waals surface area contributed by atoms with Gasteiger partial charge >= 0.3 is 0 Å². The molecule has 106 valence electrons. The van der Waals surface area contributed by atoms with Crippen LogP contribution < -0.4 is 5.73 Å². The number of anilines is 1. The fourth-order valence-corrected chi connectivity index (χ4v) is 3.33. The Morgan fingerprint density at radius 3 is 3.05 bits per heavy atom.